The quantitative estimate of drug-likeness (QED) is 0.895. The molecule has 0 saturated heterocycles. The van der Waals surface area contributed by atoms with E-state index in [1.807, 2.05) is 0 Å². The van der Waals surface area contributed by atoms with Gasteiger partial charge in [-0.3, -0.25) is 4.98 Å². The number of halogens is 1. The van der Waals surface area contributed by atoms with Crippen LogP contribution in [-0.2, 0) is 0 Å². The number of hydrogen-bond acceptors (Lipinski definition) is 3. The molecule has 0 aromatic carbocycles. The average Bonchev–Trinajstić information content (AvgIpc) is 2.30. The van der Waals surface area contributed by atoms with Gasteiger partial charge in [0.1, 0.15) is 0 Å². The molecule has 1 heterocycles. The number of pyridine rings is 1. The lowest BCUT2D eigenvalue weighted by Gasteiger charge is -2.29. The number of hydrogen-bond donors (Lipinski definition) is 2. The first-order valence-electron chi connectivity index (χ1n) is 6.31. The van der Waals surface area contributed by atoms with Gasteiger partial charge in [0.25, 0.3) is 0 Å². The molecule has 17 heavy (non-hydrogen) atoms. The third-order valence-corrected chi connectivity index (χ3v) is 4.36. The molecular weight excluding hydrogens is 278 g/mol. The van der Waals surface area contributed by atoms with Crippen molar-refractivity contribution in [2.45, 2.75) is 32.6 Å². The van der Waals surface area contributed by atoms with Gasteiger partial charge in [0, 0.05) is 12.7 Å². The van der Waals surface area contributed by atoms with E-state index >= 15 is 0 Å². The van der Waals surface area contributed by atoms with Crippen LogP contribution < -0.4 is 11.1 Å². The van der Waals surface area contributed by atoms with Crippen molar-refractivity contribution in [3.63, 3.8) is 0 Å². The van der Waals surface area contributed by atoms with Gasteiger partial charge in [-0.1, -0.05) is 26.2 Å². The summed E-state index contributed by atoms with van der Waals surface area (Å²) in [6, 6.07) is 0. The minimum Gasteiger partial charge on any atom is -0.396 e. The summed E-state index contributed by atoms with van der Waals surface area (Å²) in [5, 5.41) is 3.47. The smallest absolute Gasteiger partial charge is 0.0750 e. The van der Waals surface area contributed by atoms with Crippen LogP contribution in [-0.4, -0.2) is 11.5 Å². The van der Waals surface area contributed by atoms with E-state index in [1.165, 1.54) is 25.7 Å². The molecule has 2 unspecified atom stereocenters. The van der Waals surface area contributed by atoms with Crippen LogP contribution in [0.15, 0.2) is 16.9 Å². The van der Waals surface area contributed by atoms with E-state index in [0.717, 1.165) is 28.5 Å². The fraction of sp³-hybridized carbons (Fsp3) is 0.615. The number of nitrogen functional groups attached to an aromatic ring is 1. The monoisotopic (exact) mass is 297 g/mol. The summed E-state index contributed by atoms with van der Waals surface area (Å²) >= 11 is 3.48. The van der Waals surface area contributed by atoms with Gasteiger partial charge in [-0.25, -0.2) is 0 Å². The van der Waals surface area contributed by atoms with Crippen LogP contribution in [0.2, 0.25) is 0 Å². The maximum absolute atomic E-state index is 5.92. The predicted molar refractivity (Wildman–Crippen MR) is 76.0 cm³/mol. The summed E-state index contributed by atoms with van der Waals surface area (Å²) in [5.74, 6) is 1.58. The van der Waals surface area contributed by atoms with Crippen LogP contribution in [0, 0.1) is 11.8 Å². The SMILES string of the molecule is CC1CCCCC1CNc1c(N)cncc1Br. The molecule has 1 aliphatic carbocycles. The van der Waals surface area contributed by atoms with Gasteiger partial charge in [-0.05, 0) is 34.2 Å². The Morgan fingerprint density at radius 1 is 1.41 bits per heavy atom. The van der Waals surface area contributed by atoms with Crippen LogP contribution in [0.4, 0.5) is 11.4 Å². The fourth-order valence-corrected chi connectivity index (χ4v) is 3.05. The molecule has 1 aliphatic rings. The second-order valence-electron chi connectivity index (χ2n) is 4.99. The molecule has 2 atom stereocenters. The van der Waals surface area contributed by atoms with Crippen molar-refractivity contribution in [2.24, 2.45) is 11.8 Å². The highest BCUT2D eigenvalue weighted by atomic mass is 79.9. The maximum atomic E-state index is 5.92. The Balaban J connectivity index is 1.97. The van der Waals surface area contributed by atoms with Gasteiger partial charge in [-0.2, -0.15) is 0 Å². The average molecular weight is 298 g/mol. The van der Waals surface area contributed by atoms with Crippen molar-refractivity contribution in [1.82, 2.24) is 4.98 Å². The van der Waals surface area contributed by atoms with Crippen molar-refractivity contribution in [1.29, 1.82) is 0 Å². The lowest BCUT2D eigenvalue weighted by molar-refractivity contribution is 0.268. The number of nitrogens with zero attached hydrogens (tertiary/aromatic N) is 1. The van der Waals surface area contributed by atoms with Crippen molar-refractivity contribution >= 4 is 27.3 Å². The van der Waals surface area contributed by atoms with Crippen molar-refractivity contribution in [3.05, 3.63) is 16.9 Å². The summed E-state index contributed by atoms with van der Waals surface area (Å²) < 4.78 is 0.945. The number of rotatable bonds is 3. The molecule has 3 nitrogen and oxygen atoms in total. The zero-order valence-corrected chi connectivity index (χ0v) is 11.8. The Labute approximate surface area is 111 Å². The molecule has 0 bridgehead atoms. The van der Waals surface area contributed by atoms with E-state index in [1.54, 1.807) is 12.4 Å². The highest BCUT2D eigenvalue weighted by Crippen LogP contribution is 2.32. The van der Waals surface area contributed by atoms with Gasteiger partial charge in [0.15, 0.2) is 0 Å². The highest BCUT2D eigenvalue weighted by Gasteiger charge is 2.21. The van der Waals surface area contributed by atoms with Gasteiger partial charge in [0.2, 0.25) is 0 Å². The van der Waals surface area contributed by atoms with Crippen molar-refractivity contribution in [3.8, 4) is 0 Å². The van der Waals surface area contributed by atoms with E-state index in [2.05, 4.69) is 33.2 Å². The molecule has 1 saturated carbocycles. The summed E-state index contributed by atoms with van der Waals surface area (Å²) in [7, 11) is 0. The molecule has 3 N–H and O–H groups in total. The van der Waals surface area contributed by atoms with Crippen molar-refractivity contribution in [2.75, 3.05) is 17.6 Å². The molecule has 2 rings (SSSR count). The van der Waals surface area contributed by atoms with Gasteiger partial charge in [-0.15, -0.1) is 0 Å². The summed E-state index contributed by atoms with van der Waals surface area (Å²) in [6.07, 6.45) is 8.92. The van der Waals surface area contributed by atoms with Crippen LogP contribution in [0.1, 0.15) is 32.6 Å². The van der Waals surface area contributed by atoms with Gasteiger partial charge >= 0.3 is 0 Å². The van der Waals surface area contributed by atoms with Crippen molar-refractivity contribution < 1.29 is 0 Å². The molecule has 0 radical (unpaired) electrons. The summed E-state index contributed by atoms with van der Waals surface area (Å²) in [5.41, 5.74) is 7.61. The molecule has 1 fully saturated rings. The number of nitrogens with one attached hydrogen (secondary N) is 1. The van der Waals surface area contributed by atoms with E-state index in [4.69, 9.17) is 5.73 Å². The topological polar surface area (TPSA) is 50.9 Å². The largest absolute Gasteiger partial charge is 0.396 e. The summed E-state index contributed by atoms with van der Waals surface area (Å²) in [4.78, 5) is 4.04. The zero-order chi connectivity index (χ0) is 12.3. The second kappa shape index (κ2) is 5.71. The number of aromatic nitrogens is 1. The number of nitrogens with two attached hydrogens (primary N) is 1. The standard InChI is InChI=1S/C13H20BrN3/c1-9-4-2-3-5-10(9)6-17-13-11(14)7-16-8-12(13)15/h7-10H,2-6,15H2,1H3,(H,16,17). The Bertz CT molecular complexity index is 361. The van der Waals surface area contributed by atoms with Crippen LogP contribution in [0.3, 0.4) is 0 Å². The fourth-order valence-electron chi connectivity index (χ4n) is 2.57. The third kappa shape index (κ3) is 3.12. The first kappa shape index (κ1) is 12.7. The Hall–Kier alpha value is -0.770. The maximum Gasteiger partial charge on any atom is 0.0750 e. The first-order valence-corrected chi connectivity index (χ1v) is 7.10. The molecule has 4 heteroatoms. The van der Waals surface area contributed by atoms with Crippen LogP contribution in [0.25, 0.3) is 0 Å². The first-order chi connectivity index (χ1) is 8.18. The number of anilines is 2. The zero-order valence-electron chi connectivity index (χ0n) is 10.2. The van der Waals surface area contributed by atoms with Gasteiger partial charge in [0.05, 0.1) is 22.0 Å². The lowest BCUT2D eigenvalue weighted by atomic mass is 9.80. The van der Waals surface area contributed by atoms with E-state index in [-0.39, 0.29) is 0 Å². The van der Waals surface area contributed by atoms with Gasteiger partial charge < -0.3 is 11.1 Å². The summed E-state index contributed by atoms with van der Waals surface area (Å²) in [6.45, 7) is 3.37. The Morgan fingerprint density at radius 2 is 2.18 bits per heavy atom. The minimum atomic E-state index is 0.711. The van der Waals surface area contributed by atoms with E-state index in [9.17, 15) is 0 Å². The minimum absolute atomic E-state index is 0.711. The van der Waals surface area contributed by atoms with Crippen LogP contribution >= 0.6 is 15.9 Å². The third-order valence-electron chi connectivity index (χ3n) is 3.76. The lowest BCUT2D eigenvalue weighted by Crippen LogP contribution is -2.24. The van der Waals surface area contributed by atoms with Crippen LogP contribution in [0.5, 0.6) is 0 Å². The molecule has 0 aliphatic heterocycles. The molecule has 0 amide bonds. The van der Waals surface area contributed by atoms with E-state index in [0.29, 0.717) is 5.69 Å². The molecule has 0 spiro atoms. The Kier molecular flexibility index (Phi) is 4.26. The normalized spacial score (nSPS) is 24.6. The highest BCUT2D eigenvalue weighted by molar-refractivity contribution is 9.10. The molecule has 1 aromatic rings. The molecule has 94 valence electrons. The molecular formula is C13H20BrN3. The predicted octanol–water partition coefficient (Wildman–Crippen LogP) is 3.66. The second-order valence-corrected chi connectivity index (χ2v) is 5.84. The van der Waals surface area contributed by atoms with E-state index < -0.39 is 0 Å². The Morgan fingerprint density at radius 3 is 2.88 bits per heavy atom. The molecule has 1 aromatic heterocycles.